The average Bonchev–Trinajstić information content (AvgIpc) is 2.59. The van der Waals surface area contributed by atoms with Gasteiger partial charge in [-0.15, -0.1) is 0 Å². The van der Waals surface area contributed by atoms with Crippen LogP contribution >= 0.6 is 0 Å². The summed E-state index contributed by atoms with van der Waals surface area (Å²) in [6, 6.07) is 4.53. The first-order chi connectivity index (χ1) is 11.4. The molecule has 0 radical (unpaired) electrons. The maximum absolute atomic E-state index is 12.0. The van der Waals surface area contributed by atoms with Crippen molar-refractivity contribution in [2.45, 2.75) is 5.92 Å². The van der Waals surface area contributed by atoms with Crippen molar-refractivity contribution in [3.63, 3.8) is 0 Å². The van der Waals surface area contributed by atoms with Crippen LogP contribution in [0.4, 0.5) is 0 Å². The lowest BCUT2D eigenvalue weighted by Crippen LogP contribution is -2.35. The molecule has 132 valence electrons. The van der Waals surface area contributed by atoms with Crippen molar-refractivity contribution in [3.8, 4) is 11.5 Å². The van der Waals surface area contributed by atoms with Crippen LogP contribution in [0.15, 0.2) is 18.2 Å². The summed E-state index contributed by atoms with van der Waals surface area (Å²) in [6.45, 7) is -0.662. The quantitative estimate of drug-likeness (QED) is 0.298. The number of rotatable bonds is 8. The number of nitrogens with zero attached hydrogens (tertiary/aromatic N) is 1. The summed E-state index contributed by atoms with van der Waals surface area (Å²) in [7, 11) is 5.03. The molecule has 0 aromatic heterocycles. The summed E-state index contributed by atoms with van der Waals surface area (Å²) in [5.74, 6) is -3.65. The summed E-state index contributed by atoms with van der Waals surface area (Å²) in [6.07, 6.45) is 0. The highest BCUT2D eigenvalue weighted by atomic mass is 16.6. The highest BCUT2D eigenvalue weighted by Crippen LogP contribution is 2.34. The van der Waals surface area contributed by atoms with Crippen LogP contribution in [0.1, 0.15) is 11.5 Å². The molecule has 1 rings (SSSR count). The smallest absolute Gasteiger partial charge is 0.320 e. The van der Waals surface area contributed by atoms with Gasteiger partial charge in [0.2, 0.25) is 6.54 Å². The monoisotopic (exact) mass is 341 g/mol. The van der Waals surface area contributed by atoms with Crippen LogP contribution < -0.4 is 9.47 Å². The molecule has 9 nitrogen and oxygen atoms in total. The van der Waals surface area contributed by atoms with Gasteiger partial charge in [0.1, 0.15) is 0 Å². The first-order valence-electron chi connectivity index (χ1n) is 6.88. The van der Waals surface area contributed by atoms with Crippen molar-refractivity contribution in [1.82, 2.24) is 0 Å². The molecule has 0 saturated heterocycles. The Morgan fingerprint density at radius 3 is 2.00 bits per heavy atom. The highest BCUT2D eigenvalue weighted by Gasteiger charge is 2.41. The van der Waals surface area contributed by atoms with Crippen LogP contribution in [0.5, 0.6) is 11.5 Å². The lowest BCUT2D eigenvalue weighted by Gasteiger charge is -2.21. The van der Waals surface area contributed by atoms with Gasteiger partial charge in [-0.05, 0) is 17.7 Å². The molecule has 1 atom stereocenters. The molecule has 0 heterocycles. The van der Waals surface area contributed by atoms with Gasteiger partial charge in [-0.3, -0.25) is 19.7 Å². The van der Waals surface area contributed by atoms with Crippen LogP contribution in [0, 0.1) is 16.0 Å². The molecule has 0 saturated carbocycles. The fraction of sp³-hybridized carbons (Fsp3) is 0.467. The van der Waals surface area contributed by atoms with Crippen molar-refractivity contribution in [2.75, 3.05) is 35.0 Å². The van der Waals surface area contributed by atoms with Crippen molar-refractivity contribution in [1.29, 1.82) is 0 Å². The minimum absolute atomic E-state index is 0.317. The summed E-state index contributed by atoms with van der Waals surface area (Å²) in [5, 5.41) is 11.0. The van der Waals surface area contributed by atoms with Crippen LogP contribution in [0.25, 0.3) is 0 Å². The number of hydrogen-bond acceptors (Lipinski definition) is 8. The lowest BCUT2D eigenvalue weighted by atomic mass is 9.85. The third-order valence-corrected chi connectivity index (χ3v) is 3.49. The summed E-state index contributed by atoms with van der Waals surface area (Å²) >= 11 is 0. The molecular formula is C15H19NO8. The Balaban J connectivity index is 3.41. The fourth-order valence-corrected chi connectivity index (χ4v) is 2.33. The number of carbonyl (C=O) groups is 2. The molecular weight excluding hydrogens is 322 g/mol. The van der Waals surface area contributed by atoms with Gasteiger partial charge in [-0.25, -0.2) is 0 Å². The zero-order chi connectivity index (χ0) is 18.3. The number of esters is 2. The van der Waals surface area contributed by atoms with Gasteiger partial charge in [0.05, 0.1) is 34.4 Å². The molecule has 0 N–H and O–H groups in total. The van der Waals surface area contributed by atoms with Crippen LogP contribution in [-0.2, 0) is 19.1 Å². The Labute approximate surface area is 138 Å². The molecule has 0 bridgehead atoms. The van der Waals surface area contributed by atoms with E-state index in [9.17, 15) is 19.7 Å². The summed E-state index contributed by atoms with van der Waals surface area (Å²) in [4.78, 5) is 34.4. The second kappa shape index (κ2) is 8.70. The van der Waals surface area contributed by atoms with Crippen molar-refractivity contribution in [3.05, 3.63) is 33.9 Å². The number of nitro groups is 1. The molecule has 0 aliphatic carbocycles. The Hall–Kier alpha value is -2.84. The Kier molecular flexibility index (Phi) is 6.97. The van der Waals surface area contributed by atoms with E-state index in [1.807, 2.05) is 0 Å². The second-order valence-corrected chi connectivity index (χ2v) is 4.76. The van der Waals surface area contributed by atoms with Gasteiger partial charge in [0, 0.05) is 4.92 Å². The first kappa shape index (κ1) is 19.2. The SMILES string of the molecule is COC(=O)C(C(=O)OC)[C@H](C[N+](=O)[O-])c1ccc(OC)c(OC)c1. The molecule has 9 heteroatoms. The average molecular weight is 341 g/mol. The molecule has 24 heavy (non-hydrogen) atoms. The lowest BCUT2D eigenvalue weighted by molar-refractivity contribution is -0.484. The number of methoxy groups -OCH3 is 4. The number of ether oxygens (including phenoxy) is 4. The van der Waals surface area contributed by atoms with Crippen LogP contribution in [0.3, 0.4) is 0 Å². The Morgan fingerprint density at radius 1 is 1.04 bits per heavy atom. The Morgan fingerprint density at radius 2 is 1.58 bits per heavy atom. The zero-order valence-corrected chi connectivity index (χ0v) is 13.8. The molecule has 0 amide bonds. The van der Waals surface area contributed by atoms with Crippen LogP contribution in [-0.4, -0.2) is 51.8 Å². The zero-order valence-electron chi connectivity index (χ0n) is 13.8. The topological polar surface area (TPSA) is 114 Å². The van der Waals surface area contributed by atoms with E-state index in [2.05, 4.69) is 9.47 Å². The third kappa shape index (κ3) is 4.34. The minimum Gasteiger partial charge on any atom is -0.493 e. The molecule has 0 aliphatic rings. The highest BCUT2D eigenvalue weighted by molar-refractivity contribution is 5.96. The van der Waals surface area contributed by atoms with Crippen molar-refractivity contribution >= 4 is 11.9 Å². The largest absolute Gasteiger partial charge is 0.493 e. The van der Waals surface area contributed by atoms with Crippen molar-refractivity contribution < 1.29 is 33.5 Å². The number of hydrogen-bond donors (Lipinski definition) is 0. The Bertz CT molecular complexity index is 599. The normalized spacial score (nSPS) is 11.5. The summed E-state index contributed by atoms with van der Waals surface area (Å²) < 4.78 is 19.5. The van der Waals surface area contributed by atoms with E-state index < -0.39 is 35.2 Å². The molecule has 0 fully saturated rings. The van der Waals surface area contributed by atoms with E-state index in [-0.39, 0.29) is 0 Å². The maximum atomic E-state index is 12.0. The van der Waals surface area contributed by atoms with E-state index in [4.69, 9.17) is 9.47 Å². The van der Waals surface area contributed by atoms with Gasteiger partial charge in [-0.1, -0.05) is 6.07 Å². The molecule has 0 spiro atoms. The van der Waals surface area contributed by atoms with Gasteiger partial charge in [-0.2, -0.15) is 0 Å². The molecule has 1 aromatic carbocycles. The van der Waals surface area contributed by atoms with Gasteiger partial charge in [0.25, 0.3) is 0 Å². The van der Waals surface area contributed by atoms with Gasteiger partial charge in [0.15, 0.2) is 17.4 Å². The first-order valence-corrected chi connectivity index (χ1v) is 6.88. The minimum atomic E-state index is -1.47. The third-order valence-electron chi connectivity index (χ3n) is 3.49. The van der Waals surface area contributed by atoms with Crippen molar-refractivity contribution in [2.24, 2.45) is 5.92 Å². The maximum Gasteiger partial charge on any atom is 0.320 e. The second-order valence-electron chi connectivity index (χ2n) is 4.76. The fourth-order valence-electron chi connectivity index (χ4n) is 2.33. The predicted octanol–water partition coefficient (Wildman–Crippen LogP) is 1.03. The van der Waals surface area contributed by atoms with E-state index in [1.165, 1.54) is 32.4 Å². The number of carbonyl (C=O) groups excluding carboxylic acids is 2. The van der Waals surface area contributed by atoms with E-state index in [1.54, 1.807) is 0 Å². The predicted molar refractivity (Wildman–Crippen MR) is 81.7 cm³/mol. The summed E-state index contributed by atoms with van der Waals surface area (Å²) in [5.41, 5.74) is 0.352. The van der Waals surface area contributed by atoms with E-state index >= 15 is 0 Å². The molecule has 1 aromatic rings. The number of benzene rings is 1. The molecule has 0 aliphatic heterocycles. The van der Waals surface area contributed by atoms with E-state index in [0.717, 1.165) is 14.2 Å². The van der Waals surface area contributed by atoms with Gasteiger partial charge >= 0.3 is 11.9 Å². The standard InChI is InChI=1S/C15H19NO8/c1-21-11-6-5-9(7-12(11)22-2)10(8-16(19)20)13(14(17)23-3)15(18)24-4/h5-7,10,13H,8H2,1-4H3/t10-/m1/s1. The molecule has 0 unspecified atom stereocenters. The van der Waals surface area contributed by atoms with Gasteiger partial charge < -0.3 is 18.9 Å². The van der Waals surface area contributed by atoms with Crippen LogP contribution in [0.2, 0.25) is 0 Å². The van der Waals surface area contributed by atoms with E-state index in [0.29, 0.717) is 17.1 Å².